The minimum Gasteiger partial charge on any atom is -0.485 e. The average Bonchev–Trinajstić information content (AvgIpc) is 3.05. The summed E-state index contributed by atoms with van der Waals surface area (Å²) in [4.78, 5) is 32.3. The molecule has 3 heterocycles. The number of carbonyl (C=O) groups excluding carboxylic acids is 1. The van der Waals surface area contributed by atoms with Crippen molar-refractivity contribution in [1.29, 1.82) is 0 Å². The van der Waals surface area contributed by atoms with Crippen molar-refractivity contribution in [3.8, 4) is 5.75 Å². The molecule has 25 heavy (non-hydrogen) atoms. The van der Waals surface area contributed by atoms with E-state index in [-0.39, 0.29) is 17.6 Å². The van der Waals surface area contributed by atoms with Crippen molar-refractivity contribution >= 4 is 11.7 Å². The van der Waals surface area contributed by atoms with Gasteiger partial charge in [0.25, 0.3) is 11.5 Å². The van der Waals surface area contributed by atoms with Crippen molar-refractivity contribution in [1.82, 2.24) is 14.5 Å². The fraction of sp³-hybridized carbons (Fsp3) is 0.389. The summed E-state index contributed by atoms with van der Waals surface area (Å²) in [5, 5.41) is 0. The molecule has 0 bridgehead atoms. The number of carbonyl (C=O) groups is 1. The molecule has 1 aliphatic rings. The second kappa shape index (κ2) is 6.96. The van der Waals surface area contributed by atoms with Gasteiger partial charge >= 0.3 is 0 Å². The number of aryl methyl sites for hydroxylation is 1. The first kappa shape index (κ1) is 17.0. The van der Waals surface area contributed by atoms with Crippen LogP contribution in [0.25, 0.3) is 0 Å². The molecule has 1 amide bonds. The molecule has 3 rings (SSSR count). The van der Waals surface area contributed by atoms with Crippen molar-refractivity contribution in [2.75, 3.05) is 32.1 Å². The molecule has 1 aliphatic heterocycles. The van der Waals surface area contributed by atoms with Crippen molar-refractivity contribution in [3.63, 3.8) is 0 Å². The zero-order valence-corrected chi connectivity index (χ0v) is 14.7. The summed E-state index contributed by atoms with van der Waals surface area (Å²) in [5.74, 6) is 1.34. The van der Waals surface area contributed by atoms with Gasteiger partial charge in [-0.25, -0.2) is 4.98 Å². The summed E-state index contributed by atoms with van der Waals surface area (Å²) in [6.45, 7) is 1.10. The van der Waals surface area contributed by atoms with E-state index >= 15 is 0 Å². The first-order valence-electron chi connectivity index (χ1n) is 8.20. The maximum atomic E-state index is 12.6. The molecule has 0 N–H and O–H groups in total. The van der Waals surface area contributed by atoms with Gasteiger partial charge in [0.05, 0.1) is 6.54 Å². The van der Waals surface area contributed by atoms with Gasteiger partial charge in [-0.2, -0.15) is 0 Å². The van der Waals surface area contributed by atoms with Crippen LogP contribution >= 0.6 is 0 Å². The summed E-state index contributed by atoms with van der Waals surface area (Å²) in [6.07, 6.45) is 4.00. The third kappa shape index (κ3) is 3.65. The number of rotatable bonds is 4. The Balaban J connectivity index is 1.68. The second-order valence-corrected chi connectivity index (χ2v) is 6.36. The smallest absolute Gasteiger partial charge is 0.254 e. The molecule has 1 saturated heterocycles. The average molecular weight is 342 g/mol. The van der Waals surface area contributed by atoms with Crippen LogP contribution in [0.3, 0.4) is 0 Å². The highest BCUT2D eigenvalue weighted by Crippen LogP contribution is 2.27. The quantitative estimate of drug-likeness (QED) is 0.833. The summed E-state index contributed by atoms with van der Waals surface area (Å²) in [6, 6.07) is 6.76. The zero-order chi connectivity index (χ0) is 18.0. The lowest BCUT2D eigenvalue weighted by Gasteiger charge is -2.20. The summed E-state index contributed by atoms with van der Waals surface area (Å²) in [5.41, 5.74) is 0.225. The highest BCUT2D eigenvalue weighted by Gasteiger charge is 2.29. The minimum absolute atomic E-state index is 0.0848. The van der Waals surface area contributed by atoms with Gasteiger partial charge in [0.15, 0.2) is 11.6 Å². The SMILES string of the molecule is CN(C)c1ncccc1OC1CCN(C(=O)c2ccn(C)c(=O)c2)C1. The van der Waals surface area contributed by atoms with Crippen LogP contribution in [0.15, 0.2) is 41.5 Å². The van der Waals surface area contributed by atoms with Gasteiger partial charge in [-0.1, -0.05) is 0 Å². The molecule has 2 aromatic heterocycles. The molecular formula is C18H22N4O3. The van der Waals surface area contributed by atoms with E-state index in [0.29, 0.717) is 24.4 Å². The largest absolute Gasteiger partial charge is 0.485 e. The molecule has 1 fully saturated rings. The predicted octanol–water partition coefficient (Wildman–Crippen LogP) is 1.14. The molecule has 1 atom stereocenters. The number of hydrogen-bond donors (Lipinski definition) is 0. The van der Waals surface area contributed by atoms with Crippen LogP contribution in [0.2, 0.25) is 0 Å². The Labute approximate surface area is 146 Å². The zero-order valence-electron chi connectivity index (χ0n) is 14.7. The van der Waals surface area contributed by atoms with E-state index in [9.17, 15) is 9.59 Å². The van der Waals surface area contributed by atoms with Gasteiger partial charge in [0.2, 0.25) is 0 Å². The van der Waals surface area contributed by atoms with Crippen LogP contribution in [-0.4, -0.2) is 53.6 Å². The van der Waals surface area contributed by atoms with Crippen molar-refractivity contribution in [2.45, 2.75) is 12.5 Å². The van der Waals surface area contributed by atoms with Gasteiger partial charge in [0, 0.05) is 58.1 Å². The molecule has 0 aliphatic carbocycles. The maximum absolute atomic E-state index is 12.6. The van der Waals surface area contributed by atoms with Crippen LogP contribution < -0.4 is 15.2 Å². The Bertz CT molecular complexity index is 831. The molecule has 0 radical (unpaired) electrons. The van der Waals surface area contributed by atoms with Crippen molar-refractivity contribution < 1.29 is 9.53 Å². The number of nitrogens with zero attached hydrogens (tertiary/aromatic N) is 4. The second-order valence-electron chi connectivity index (χ2n) is 6.36. The van der Waals surface area contributed by atoms with Crippen molar-refractivity contribution in [2.24, 2.45) is 7.05 Å². The Morgan fingerprint density at radius 1 is 1.36 bits per heavy atom. The lowest BCUT2D eigenvalue weighted by atomic mass is 10.2. The number of aromatic nitrogens is 2. The summed E-state index contributed by atoms with van der Waals surface area (Å²) >= 11 is 0. The van der Waals surface area contributed by atoms with Crippen LogP contribution in [0.5, 0.6) is 5.75 Å². The monoisotopic (exact) mass is 342 g/mol. The number of likely N-dealkylation sites (tertiary alicyclic amines) is 1. The van der Waals surface area contributed by atoms with E-state index in [4.69, 9.17) is 4.74 Å². The van der Waals surface area contributed by atoms with Gasteiger partial charge in [-0.15, -0.1) is 0 Å². The molecule has 0 aromatic carbocycles. The topological polar surface area (TPSA) is 67.7 Å². The van der Waals surface area contributed by atoms with E-state index in [1.54, 1.807) is 30.4 Å². The fourth-order valence-corrected chi connectivity index (χ4v) is 2.86. The molecule has 0 spiro atoms. The first-order chi connectivity index (χ1) is 12.0. The first-order valence-corrected chi connectivity index (χ1v) is 8.20. The number of hydrogen-bond acceptors (Lipinski definition) is 5. The Hall–Kier alpha value is -2.83. The molecule has 1 unspecified atom stereocenters. The Morgan fingerprint density at radius 3 is 2.88 bits per heavy atom. The van der Waals surface area contributed by atoms with Crippen LogP contribution in [0.1, 0.15) is 16.8 Å². The standard InChI is InChI=1S/C18H22N4O3/c1-20(2)17-15(5-4-8-19-17)25-14-7-10-22(12-14)18(24)13-6-9-21(3)16(23)11-13/h4-6,8-9,11,14H,7,10,12H2,1-3H3. The third-order valence-electron chi connectivity index (χ3n) is 4.25. The Morgan fingerprint density at radius 2 is 2.16 bits per heavy atom. The van der Waals surface area contributed by atoms with E-state index in [0.717, 1.165) is 12.2 Å². The fourth-order valence-electron chi connectivity index (χ4n) is 2.86. The van der Waals surface area contributed by atoms with Crippen molar-refractivity contribution in [3.05, 3.63) is 52.6 Å². The molecular weight excluding hydrogens is 320 g/mol. The van der Waals surface area contributed by atoms with Crippen LogP contribution in [-0.2, 0) is 7.05 Å². The molecule has 7 nitrogen and oxygen atoms in total. The number of ether oxygens (including phenoxy) is 1. The number of pyridine rings is 2. The van der Waals surface area contributed by atoms with Crippen LogP contribution in [0.4, 0.5) is 5.82 Å². The molecule has 0 saturated carbocycles. The van der Waals surface area contributed by atoms with Gasteiger partial charge in [0.1, 0.15) is 6.10 Å². The van der Waals surface area contributed by atoms with E-state index in [1.165, 1.54) is 10.6 Å². The minimum atomic E-state index is -0.191. The summed E-state index contributed by atoms with van der Waals surface area (Å²) < 4.78 is 7.51. The van der Waals surface area contributed by atoms with Gasteiger partial charge in [-0.3, -0.25) is 9.59 Å². The number of amides is 1. The lowest BCUT2D eigenvalue weighted by molar-refractivity contribution is 0.0772. The normalized spacial score (nSPS) is 16.8. The van der Waals surface area contributed by atoms with E-state index in [2.05, 4.69) is 4.98 Å². The van der Waals surface area contributed by atoms with Crippen LogP contribution in [0, 0.1) is 0 Å². The maximum Gasteiger partial charge on any atom is 0.254 e. The van der Waals surface area contributed by atoms with Gasteiger partial charge in [-0.05, 0) is 18.2 Å². The number of anilines is 1. The Kier molecular flexibility index (Phi) is 4.74. The predicted molar refractivity (Wildman–Crippen MR) is 95.2 cm³/mol. The molecule has 132 valence electrons. The molecule has 2 aromatic rings. The van der Waals surface area contributed by atoms with E-state index < -0.39 is 0 Å². The highest BCUT2D eigenvalue weighted by molar-refractivity contribution is 5.94. The summed E-state index contributed by atoms with van der Waals surface area (Å²) in [7, 11) is 5.48. The van der Waals surface area contributed by atoms with E-state index in [1.807, 2.05) is 31.1 Å². The third-order valence-corrected chi connectivity index (χ3v) is 4.25. The molecule has 7 heteroatoms. The highest BCUT2D eigenvalue weighted by atomic mass is 16.5. The lowest BCUT2D eigenvalue weighted by Crippen LogP contribution is -2.32. The van der Waals surface area contributed by atoms with Gasteiger partial charge < -0.3 is 19.1 Å².